The molecule has 7 heteroatoms. The molecule has 1 aromatic heterocycles. The lowest BCUT2D eigenvalue weighted by Gasteiger charge is -2.02. The van der Waals surface area contributed by atoms with Crippen molar-refractivity contribution < 1.29 is 27.5 Å². The molecule has 0 atom stereocenters. The van der Waals surface area contributed by atoms with Gasteiger partial charge in [0, 0.05) is 11.6 Å². The van der Waals surface area contributed by atoms with Crippen molar-refractivity contribution in [3.05, 3.63) is 64.0 Å². The van der Waals surface area contributed by atoms with E-state index >= 15 is 0 Å². The minimum absolute atomic E-state index is 0.0781. The van der Waals surface area contributed by atoms with Crippen molar-refractivity contribution >= 4 is 33.8 Å². The average Bonchev–Trinajstić information content (AvgIpc) is 2.91. The molecule has 0 spiro atoms. The molecule has 22 heavy (non-hydrogen) atoms. The maximum absolute atomic E-state index is 13.0. The number of ketones is 1. The van der Waals surface area contributed by atoms with Crippen LogP contribution < -0.4 is 0 Å². The van der Waals surface area contributed by atoms with Crippen molar-refractivity contribution in [2.24, 2.45) is 0 Å². The molecule has 2 aromatic rings. The third-order valence-electron chi connectivity index (χ3n) is 2.56. The Morgan fingerprint density at radius 2 is 1.95 bits per heavy atom. The molecule has 2 rings (SSSR count). The fourth-order valence-corrected chi connectivity index (χ4v) is 1.82. The highest BCUT2D eigenvalue weighted by molar-refractivity contribution is 9.10. The molecule has 0 unspecified atom stereocenters. The molecular formula is C15H9BrF2O4. The molecule has 0 N–H and O–H groups in total. The normalized spacial score (nSPS) is 10.9. The highest BCUT2D eigenvalue weighted by Gasteiger charge is 2.11. The van der Waals surface area contributed by atoms with Crippen LogP contribution in [0.5, 0.6) is 0 Å². The predicted molar refractivity (Wildman–Crippen MR) is 77.1 cm³/mol. The number of halogens is 3. The molecule has 0 fully saturated rings. The molecule has 1 aromatic carbocycles. The van der Waals surface area contributed by atoms with Crippen molar-refractivity contribution in [3.8, 4) is 0 Å². The Morgan fingerprint density at radius 1 is 1.18 bits per heavy atom. The molecular weight excluding hydrogens is 362 g/mol. The van der Waals surface area contributed by atoms with Gasteiger partial charge in [0.15, 0.2) is 28.7 Å². The highest BCUT2D eigenvalue weighted by atomic mass is 79.9. The summed E-state index contributed by atoms with van der Waals surface area (Å²) in [7, 11) is 0. The molecule has 0 amide bonds. The van der Waals surface area contributed by atoms with Gasteiger partial charge in [-0.2, -0.15) is 0 Å². The van der Waals surface area contributed by atoms with Crippen LogP contribution in [0.4, 0.5) is 8.78 Å². The van der Waals surface area contributed by atoms with Crippen LogP contribution in [-0.4, -0.2) is 18.4 Å². The predicted octanol–water partition coefficient (Wildman–Crippen LogP) is 3.76. The highest BCUT2D eigenvalue weighted by Crippen LogP contribution is 2.15. The maximum Gasteiger partial charge on any atom is 0.331 e. The fourth-order valence-electron chi connectivity index (χ4n) is 1.51. The molecule has 0 aliphatic heterocycles. The number of benzene rings is 1. The number of carbonyl (C=O) groups is 2. The maximum atomic E-state index is 13.0. The SMILES string of the molecule is O=C(/C=C/c1ccc(Br)o1)OCC(=O)c1ccc(F)c(F)c1. The van der Waals surface area contributed by atoms with Crippen molar-refractivity contribution in [1.82, 2.24) is 0 Å². The van der Waals surface area contributed by atoms with Gasteiger partial charge in [-0.25, -0.2) is 13.6 Å². The second-order valence-corrected chi connectivity index (χ2v) is 4.92. The molecule has 0 aliphatic carbocycles. The zero-order valence-electron chi connectivity index (χ0n) is 11.0. The summed E-state index contributed by atoms with van der Waals surface area (Å²) in [6, 6.07) is 5.98. The van der Waals surface area contributed by atoms with Gasteiger partial charge in [-0.05, 0) is 52.3 Å². The van der Waals surface area contributed by atoms with Crippen molar-refractivity contribution in [3.63, 3.8) is 0 Å². The summed E-state index contributed by atoms with van der Waals surface area (Å²) >= 11 is 3.11. The Labute approximate surface area is 132 Å². The number of hydrogen-bond donors (Lipinski definition) is 0. The van der Waals surface area contributed by atoms with E-state index in [1.807, 2.05) is 0 Å². The Bertz CT molecular complexity index is 737. The van der Waals surface area contributed by atoms with Gasteiger partial charge in [0.25, 0.3) is 0 Å². The van der Waals surface area contributed by atoms with Crippen molar-refractivity contribution in [2.45, 2.75) is 0 Å². The number of carbonyl (C=O) groups excluding carboxylic acids is 2. The van der Waals surface area contributed by atoms with Crippen LogP contribution in [0.1, 0.15) is 16.1 Å². The van der Waals surface area contributed by atoms with E-state index in [-0.39, 0.29) is 5.56 Å². The van der Waals surface area contributed by atoms with Gasteiger partial charge in [-0.1, -0.05) is 0 Å². The zero-order chi connectivity index (χ0) is 16.1. The Balaban J connectivity index is 1.89. The standard InChI is InChI=1S/C15H9BrF2O4/c16-14-5-2-10(22-14)3-6-15(20)21-8-13(19)9-1-4-11(17)12(18)7-9/h1-7H,8H2/b6-3+. The third-order valence-corrected chi connectivity index (χ3v) is 2.99. The monoisotopic (exact) mass is 370 g/mol. The summed E-state index contributed by atoms with van der Waals surface area (Å²) in [5.41, 5.74) is -0.0781. The molecule has 0 radical (unpaired) electrons. The first kappa shape index (κ1) is 16.1. The number of hydrogen-bond acceptors (Lipinski definition) is 4. The molecule has 0 saturated heterocycles. The number of rotatable bonds is 5. The summed E-state index contributed by atoms with van der Waals surface area (Å²) in [6.45, 7) is -0.573. The summed E-state index contributed by atoms with van der Waals surface area (Å²) in [5.74, 6) is -3.16. The van der Waals surface area contributed by atoms with Gasteiger partial charge in [0.2, 0.25) is 0 Å². The first-order valence-corrected chi connectivity index (χ1v) is 6.83. The second kappa shape index (κ2) is 7.13. The lowest BCUT2D eigenvalue weighted by molar-refractivity contribution is -0.136. The minimum Gasteiger partial charge on any atom is -0.454 e. The van der Waals surface area contributed by atoms with Crippen LogP contribution in [0.25, 0.3) is 6.08 Å². The van der Waals surface area contributed by atoms with E-state index in [2.05, 4.69) is 15.9 Å². The van der Waals surface area contributed by atoms with Crippen LogP contribution >= 0.6 is 15.9 Å². The summed E-state index contributed by atoms with van der Waals surface area (Å²) < 4.78 is 36.1. The van der Waals surface area contributed by atoms with Crippen LogP contribution in [0, 0.1) is 11.6 Å². The molecule has 0 saturated carbocycles. The number of ether oxygens (including phenoxy) is 1. The fraction of sp³-hybridized carbons (Fsp3) is 0.0667. The number of furan rings is 1. The summed E-state index contributed by atoms with van der Waals surface area (Å²) in [6.07, 6.45) is 2.46. The largest absolute Gasteiger partial charge is 0.454 e. The van der Waals surface area contributed by atoms with Gasteiger partial charge >= 0.3 is 5.97 Å². The topological polar surface area (TPSA) is 56.5 Å². The van der Waals surface area contributed by atoms with E-state index in [0.29, 0.717) is 10.4 Å². The molecule has 0 bridgehead atoms. The van der Waals surface area contributed by atoms with Gasteiger partial charge in [0.05, 0.1) is 0 Å². The zero-order valence-corrected chi connectivity index (χ0v) is 12.6. The van der Waals surface area contributed by atoms with E-state index in [1.165, 1.54) is 6.08 Å². The number of Topliss-reactive ketones (excluding diaryl/α,β-unsaturated/α-hetero) is 1. The van der Waals surface area contributed by atoms with Crippen molar-refractivity contribution in [1.29, 1.82) is 0 Å². The lowest BCUT2D eigenvalue weighted by atomic mass is 10.1. The lowest BCUT2D eigenvalue weighted by Crippen LogP contribution is -2.13. The quantitative estimate of drug-likeness (QED) is 0.456. The first-order valence-electron chi connectivity index (χ1n) is 6.04. The Hall–Kier alpha value is -2.28. The number of esters is 1. The average molecular weight is 371 g/mol. The second-order valence-electron chi connectivity index (χ2n) is 4.13. The van der Waals surface area contributed by atoms with Crippen molar-refractivity contribution in [2.75, 3.05) is 6.61 Å². The van der Waals surface area contributed by atoms with Crippen LogP contribution in [0.2, 0.25) is 0 Å². The van der Waals surface area contributed by atoms with Crippen LogP contribution in [-0.2, 0) is 9.53 Å². The summed E-state index contributed by atoms with van der Waals surface area (Å²) in [5, 5.41) is 0. The molecule has 4 nitrogen and oxygen atoms in total. The Morgan fingerprint density at radius 3 is 2.59 bits per heavy atom. The van der Waals surface area contributed by atoms with E-state index in [1.54, 1.807) is 12.1 Å². The molecule has 1 heterocycles. The van der Waals surface area contributed by atoms with E-state index < -0.39 is 30.0 Å². The third kappa shape index (κ3) is 4.36. The smallest absolute Gasteiger partial charge is 0.331 e. The Kier molecular flexibility index (Phi) is 5.21. The van der Waals surface area contributed by atoms with E-state index in [0.717, 1.165) is 24.3 Å². The van der Waals surface area contributed by atoms with Gasteiger partial charge in [-0.15, -0.1) is 0 Å². The van der Waals surface area contributed by atoms with Gasteiger partial charge in [0.1, 0.15) is 5.76 Å². The summed E-state index contributed by atoms with van der Waals surface area (Å²) in [4.78, 5) is 23.1. The van der Waals surface area contributed by atoms with Crippen LogP contribution in [0.15, 0.2) is 45.5 Å². The minimum atomic E-state index is -1.14. The molecule has 0 aliphatic rings. The molecule has 114 valence electrons. The first-order chi connectivity index (χ1) is 10.5. The van der Waals surface area contributed by atoms with Gasteiger partial charge < -0.3 is 9.15 Å². The van der Waals surface area contributed by atoms with E-state index in [4.69, 9.17) is 9.15 Å². The van der Waals surface area contributed by atoms with E-state index in [9.17, 15) is 18.4 Å². The van der Waals surface area contributed by atoms with Gasteiger partial charge in [-0.3, -0.25) is 4.79 Å². The van der Waals surface area contributed by atoms with Crippen LogP contribution in [0.3, 0.4) is 0 Å².